The Morgan fingerprint density at radius 3 is 1.85 bits per heavy atom. The minimum atomic E-state index is -0.813. The molecule has 14 heteroatoms. The maximum absolute atomic E-state index is 12.3. The summed E-state index contributed by atoms with van der Waals surface area (Å²) in [6.45, 7) is 8.23. The van der Waals surface area contributed by atoms with Gasteiger partial charge in [-0.25, -0.2) is 9.59 Å². The highest BCUT2D eigenvalue weighted by Crippen LogP contribution is 2.41. The van der Waals surface area contributed by atoms with Crippen molar-refractivity contribution in [2.75, 3.05) is 28.4 Å². The van der Waals surface area contributed by atoms with Gasteiger partial charge < -0.3 is 34.5 Å². The van der Waals surface area contributed by atoms with Crippen LogP contribution in [0.1, 0.15) is 66.0 Å². The van der Waals surface area contributed by atoms with E-state index in [1.54, 1.807) is 0 Å². The average molecular weight is 759 g/mol. The van der Waals surface area contributed by atoms with E-state index in [4.69, 9.17) is 18.9 Å². The number of phenolic OH excluding ortho intramolecular Hbond substituents is 2. The van der Waals surface area contributed by atoms with Gasteiger partial charge in [0.15, 0.2) is 23.0 Å². The van der Waals surface area contributed by atoms with E-state index >= 15 is 0 Å². The van der Waals surface area contributed by atoms with Crippen LogP contribution in [-0.4, -0.2) is 70.2 Å². The number of fused-ring (bicyclic) bond motifs is 2. The monoisotopic (exact) mass is 758 g/mol. The van der Waals surface area contributed by atoms with Gasteiger partial charge in [-0.05, 0) is 41.0 Å². The lowest BCUT2D eigenvalue weighted by Gasteiger charge is -2.23. The summed E-state index contributed by atoms with van der Waals surface area (Å²) in [5.41, 5.74) is 2.51. The Balaban J connectivity index is 0.000000458. The minimum Gasteiger partial charge on any atom is -0.504 e. The van der Waals surface area contributed by atoms with Crippen LogP contribution < -0.4 is 19.7 Å². The molecule has 2 aromatic rings. The van der Waals surface area contributed by atoms with Crippen LogP contribution in [0.5, 0.6) is 23.0 Å². The van der Waals surface area contributed by atoms with Crippen molar-refractivity contribution in [3.8, 4) is 23.0 Å². The molecule has 0 fully saturated rings. The zero-order chi connectivity index (χ0) is 33.8. The molecule has 4 rings (SSSR count). The molecule has 2 aromatic carbocycles. The minimum absolute atomic E-state index is 0. The van der Waals surface area contributed by atoms with Gasteiger partial charge in [0.2, 0.25) is 5.91 Å². The van der Waals surface area contributed by atoms with Crippen molar-refractivity contribution in [2.24, 2.45) is 0 Å². The quantitative estimate of drug-likeness (QED) is 0.0835. The zero-order valence-electron chi connectivity index (χ0n) is 26.1. The van der Waals surface area contributed by atoms with Crippen LogP contribution >= 0.6 is 22.6 Å². The summed E-state index contributed by atoms with van der Waals surface area (Å²) in [7, 11) is 0. The van der Waals surface area contributed by atoms with Crippen LogP contribution in [0.3, 0.4) is 0 Å². The molecule has 3 N–H and O–H groups in total. The Kier molecular flexibility index (Phi) is 16.3. The maximum atomic E-state index is 12.3. The molecule has 254 valence electrons. The predicted molar refractivity (Wildman–Crippen MR) is 180 cm³/mol. The lowest BCUT2D eigenvalue weighted by Crippen LogP contribution is -2.42. The van der Waals surface area contributed by atoms with Crippen molar-refractivity contribution in [1.29, 1.82) is 0 Å². The number of anilines is 2. The van der Waals surface area contributed by atoms with E-state index in [-0.39, 0.29) is 55.3 Å². The van der Waals surface area contributed by atoms with Crippen molar-refractivity contribution >= 4 is 63.8 Å². The Bertz CT molecular complexity index is 1380. The molecule has 0 aliphatic carbocycles. The number of carbonyl (C=O) groups is 5. The first-order valence-electron chi connectivity index (χ1n) is 14.2. The number of nitrogens with one attached hydrogen (secondary N) is 1. The Morgan fingerprint density at radius 1 is 0.804 bits per heavy atom. The average Bonchev–Trinajstić information content (AvgIpc) is 3.57. The van der Waals surface area contributed by atoms with Crippen LogP contribution in [0.15, 0.2) is 24.3 Å². The molecule has 46 heavy (non-hydrogen) atoms. The number of phenols is 2. The second-order valence-electron chi connectivity index (χ2n) is 9.96. The van der Waals surface area contributed by atoms with Crippen LogP contribution in [0.25, 0.3) is 0 Å². The number of carbonyl (C=O) groups excluding carboxylic acids is 5. The molecule has 2 aliphatic rings. The van der Waals surface area contributed by atoms with Crippen molar-refractivity contribution < 1.29 is 53.1 Å². The molecule has 0 spiro atoms. The largest absolute Gasteiger partial charge is 0.504 e. The van der Waals surface area contributed by atoms with Gasteiger partial charge in [0.05, 0.1) is 18.9 Å². The van der Waals surface area contributed by atoms with Gasteiger partial charge in [-0.3, -0.25) is 19.3 Å². The molecular weight excluding hydrogens is 715 g/mol. The molecule has 2 atom stereocenters. The molecule has 0 saturated heterocycles. The van der Waals surface area contributed by atoms with E-state index in [2.05, 4.69) is 27.9 Å². The van der Waals surface area contributed by atoms with Gasteiger partial charge in [-0.1, -0.05) is 43.9 Å². The normalized spacial score (nSPS) is 15.2. The van der Waals surface area contributed by atoms with E-state index in [1.807, 2.05) is 18.8 Å². The third kappa shape index (κ3) is 10.5. The summed E-state index contributed by atoms with van der Waals surface area (Å²) in [6, 6.07) is 4.55. The van der Waals surface area contributed by atoms with Crippen molar-refractivity contribution in [3.63, 3.8) is 0 Å². The number of ether oxygens (including phenoxy) is 4. The maximum Gasteiger partial charge on any atom is 0.329 e. The number of rotatable bonds is 8. The first kappa shape index (κ1) is 39.9. The van der Waals surface area contributed by atoms with Crippen molar-refractivity contribution in [1.82, 2.24) is 0 Å². The molecule has 0 bridgehead atoms. The zero-order valence-corrected chi connectivity index (χ0v) is 28.3. The Labute approximate surface area is 282 Å². The van der Waals surface area contributed by atoms with Gasteiger partial charge in [-0.2, -0.15) is 0 Å². The molecule has 0 saturated carbocycles. The fraction of sp³-hybridized carbons (Fsp3) is 0.469. The number of halogens is 1. The number of aromatic hydroxyl groups is 2. The summed E-state index contributed by atoms with van der Waals surface area (Å²) in [6.07, 6.45) is 2.13. The van der Waals surface area contributed by atoms with Crippen molar-refractivity contribution in [3.05, 3.63) is 35.4 Å². The second-order valence-corrected chi connectivity index (χ2v) is 9.96. The molecule has 0 aromatic heterocycles. The third-order valence-corrected chi connectivity index (χ3v) is 6.38. The molecule has 1 amide bonds. The predicted octanol–water partition coefficient (Wildman–Crippen LogP) is 4.84. The van der Waals surface area contributed by atoms with Gasteiger partial charge in [0, 0.05) is 51.4 Å². The summed E-state index contributed by atoms with van der Waals surface area (Å²) < 4.78 is 20.4. The third-order valence-electron chi connectivity index (χ3n) is 6.38. The SMILES string of the molecule is C.CCCOC(=O)C1Cc2cc(O)c(O)cc2N1.CCCOC(=O)C1Cc2cc(OC(C)=O)c(OC(C)=O)cc2N1C(C)=O.CI. The van der Waals surface area contributed by atoms with Crippen LogP contribution in [0.4, 0.5) is 11.4 Å². The number of esters is 4. The standard InChI is InChI=1S/C18H21NO7.C12H15NO4.CH3I.CH4/c1-5-6-24-18(23)15-7-13-8-16(25-11(3)21)17(26-12(4)22)9-14(13)19(15)10(2)20;1-2-3-17-12(16)9-4-7-5-10(14)11(15)6-8(7)13-9;1-2;/h8-9,15H,5-7H2,1-4H3;5-6,9,13-15H,2-4H2,1H3;1H3;1H4. The van der Waals surface area contributed by atoms with E-state index in [0.29, 0.717) is 36.4 Å². The Morgan fingerprint density at radius 2 is 1.33 bits per heavy atom. The van der Waals surface area contributed by atoms with E-state index < -0.39 is 30.0 Å². The smallest absolute Gasteiger partial charge is 0.329 e. The van der Waals surface area contributed by atoms with Gasteiger partial charge >= 0.3 is 23.9 Å². The van der Waals surface area contributed by atoms with Gasteiger partial charge in [0.25, 0.3) is 0 Å². The van der Waals surface area contributed by atoms with Gasteiger partial charge in [-0.15, -0.1) is 0 Å². The number of benzene rings is 2. The molecule has 2 aliphatic heterocycles. The van der Waals surface area contributed by atoms with Crippen LogP contribution in [-0.2, 0) is 46.3 Å². The highest BCUT2D eigenvalue weighted by Gasteiger charge is 2.39. The van der Waals surface area contributed by atoms with Crippen molar-refractivity contribution in [2.45, 2.75) is 79.8 Å². The topological polar surface area (TPSA) is 178 Å². The number of nitrogens with zero attached hydrogens (tertiary/aromatic N) is 1. The first-order chi connectivity index (χ1) is 21.4. The Hall–Kier alpha value is -4.08. The van der Waals surface area contributed by atoms with E-state index in [9.17, 15) is 34.2 Å². The fourth-order valence-electron chi connectivity index (χ4n) is 4.62. The van der Waals surface area contributed by atoms with Gasteiger partial charge in [0.1, 0.15) is 12.1 Å². The van der Waals surface area contributed by atoms with Crippen LogP contribution in [0, 0.1) is 0 Å². The number of hydrogen-bond donors (Lipinski definition) is 3. The lowest BCUT2D eigenvalue weighted by molar-refractivity contribution is -0.146. The van der Waals surface area contributed by atoms with Crippen LogP contribution in [0.2, 0.25) is 0 Å². The number of alkyl halides is 1. The van der Waals surface area contributed by atoms with E-state index in [0.717, 1.165) is 12.0 Å². The summed E-state index contributed by atoms with van der Waals surface area (Å²) in [5.74, 6) is -2.67. The molecule has 2 heterocycles. The molecule has 13 nitrogen and oxygen atoms in total. The number of amides is 1. The van der Waals surface area contributed by atoms with E-state index in [1.165, 1.54) is 49.9 Å². The summed E-state index contributed by atoms with van der Waals surface area (Å²) in [4.78, 5) is 62.0. The highest BCUT2D eigenvalue weighted by molar-refractivity contribution is 14.1. The second kappa shape index (κ2) is 18.8. The molecule has 0 radical (unpaired) electrons. The number of hydrogen-bond acceptors (Lipinski definition) is 12. The summed E-state index contributed by atoms with van der Waals surface area (Å²) >= 11 is 2.15. The fourth-order valence-corrected chi connectivity index (χ4v) is 4.62. The first-order valence-corrected chi connectivity index (χ1v) is 16.4. The molecular formula is C32H43IN2O11. The highest BCUT2D eigenvalue weighted by atomic mass is 127. The lowest BCUT2D eigenvalue weighted by atomic mass is 10.1. The summed E-state index contributed by atoms with van der Waals surface area (Å²) in [5, 5.41) is 21.7. The molecule has 2 unspecified atom stereocenters.